The predicted molar refractivity (Wildman–Crippen MR) is 116 cm³/mol. The summed E-state index contributed by atoms with van der Waals surface area (Å²) in [6, 6.07) is 0. The summed E-state index contributed by atoms with van der Waals surface area (Å²) in [5, 5.41) is 0. The zero-order chi connectivity index (χ0) is 21.8. The van der Waals surface area contributed by atoms with Crippen molar-refractivity contribution >= 4 is 11.6 Å². The first-order chi connectivity index (χ1) is 13.9. The summed E-state index contributed by atoms with van der Waals surface area (Å²) in [4.78, 5) is 25.4. The second kappa shape index (κ2) is 13.6. The van der Waals surface area contributed by atoms with E-state index in [-0.39, 0.29) is 29.3 Å². The molecule has 0 fully saturated rings. The summed E-state index contributed by atoms with van der Waals surface area (Å²) < 4.78 is 15.9. The van der Waals surface area contributed by atoms with Crippen LogP contribution in [-0.4, -0.2) is 52.7 Å². The number of ketones is 2. The van der Waals surface area contributed by atoms with Gasteiger partial charge in [0.05, 0.1) is 13.2 Å². The summed E-state index contributed by atoms with van der Waals surface area (Å²) >= 11 is 0. The smallest absolute Gasteiger partial charge is 0.178 e. The first kappa shape index (κ1) is 25.5. The van der Waals surface area contributed by atoms with Crippen LogP contribution in [0.5, 0.6) is 0 Å². The van der Waals surface area contributed by atoms with Crippen LogP contribution < -0.4 is 0 Å². The fraction of sp³-hybridized carbons (Fsp3) is 0.667. The topological polar surface area (TPSA) is 61.8 Å². The molecule has 0 saturated heterocycles. The molecule has 3 unspecified atom stereocenters. The lowest BCUT2D eigenvalue weighted by Crippen LogP contribution is -2.33. The van der Waals surface area contributed by atoms with Crippen molar-refractivity contribution in [2.24, 2.45) is 17.8 Å². The van der Waals surface area contributed by atoms with Crippen molar-refractivity contribution in [3.63, 3.8) is 0 Å². The van der Waals surface area contributed by atoms with Crippen molar-refractivity contribution in [3.8, 4) is 0 Å². The van der Waals surface area contributed by atoms with Crippen molar-refractivity contribution in [2.75, 3.05) is 41.2 Å². The quantitative estimate of drug-likeness (QED) is 0.317. The van der Waals surface area contributed by atoms with Gasteiger partial charge in [0.15, 0.2) is 5.78 Å². The highest BCUT2D eigenvalue weighted by Gasteiger charge is 2.38. The molecule has 1 aliphatic carbocycles. The van der Waals surface area contributed by atoms with Crippen molar-refractivity contribution < 1.29 is 23.8 Å². The molecular formula is C24H38O5. The van der Waals surface area contributed by atoms with Crippen LogP contribution >= 0.6 is 0 Å². The van der Waals surface area contributed by atoms with E-state index in [1.807, 2.05) is 0 Å². The summed E-state index contributed by atoms with van der Waals surface area (Å²) in [7, 11) is 4.95. The first-order valence-corrected chi connectivity index (χ1v) is 10.5. The number of allylic oxidation sites excluding steroid dienone is 3. The van der Waals surface area contributed by atoms with E-state index in [2.05, 4.69) is 13.5 Å². The van der Waals surface area contributed by atoms with E-state index in [1.54, 1.807) is 40.4 Å². The number of ether oxygens (including phenoxy) is 3. The molecule has 0 aromatic heterocycles. The molecule has 3 atom stereocenters. The third-order valence-corrected chi connectivity index (χ3v) is 5.52. The van der Waals surface area contributed by atoms with Crippen LogP contribution in [0, 0.1) is 17.8 Å². The summed E-state index contributed by atoms with van der Waals surface area (Å²) in [6.07, 6.45) is 7.40. The maximum absolute atomic E-state index is 12.7. The summed E-state index contributed by atoms with van der Waals surface area (Å²) in [5.41, 5.74) is 2.96. The standard InChI is InChI=1S/C24H38O5/c1-7-9-19-13-21(26)14-20(16-29-6)24(23(19)12-17(2)15-28-5)22(18(3)25)10-8-11-27-4/h13-14,22-24H,2,7-12,15-16H2,1,3-6H3. The minimum Gasteiger partial charge on any atom is -0.385 e. The zero-order valence-corrected chi connectivity index (χ0v) is 18.8. The van der Waals surface area contributed by atoms with Crippen LogP contribution in [0.1, 0.15) is 46.0 Å². The molecule has 0 aromatic rings. The zero-order valence-electron chi connectivity index (χ0n) is 18.8. The molecule has 29 heavy (non-hydrogen) atoms. The van der Waals surface area contributed by atoms with Crippen molar-refractivity contribution in [3.05, 3.63) is 35.5 Å². The van der Waals surface area contributed by atoms with Crippen LogP contribution in [0.2, 0.25) is 0 Å². The molecule has 0 saturated carbocycles. The molecule has 0 aromatic carbocycles. The van der Waals surface area contributed by atoms with Gasteiger partial charge in [0.2, 0.25) is 0 Å². The predicted octanol–water partition coefficient (Wildman–Crippen LogP) is 4.33. The van der Waals surface area contributed by atoms with Gasteiger partial charge in [-0.1, -0.05) is 31.1 Å². The highest BCUT2D eigenvalue weighted by Crippen LogP contribution is 2.42. The van der Waals surface area contributed by atoms with Gasteiger partial charge in [-0.25, -0.2) is 0 Å². The maximum Gasteiger partial charge on any atom is 0.178 e. The maximum atomic E-state index is 12.7. The fourth-order valence-electron chi connectivity index (χ4n) is 4.40. The van der Waals surface area contributed by atoms with E-state index >= 15 is 0 Å². The normalized spacial score (nSPS) is 20.7. The number of Topliss-reactive ketones (excluding diaryl/α,β-unsaturated/α-hetero) is 1. The first-order valence-electron chi connectivity index (χ1n) is 10.5. The van der Waals surface area contributed by atoms with E-state index in [9.17, 15) is 9.59 Å². The second-order valence-corrected chi connectivity index (χ2v) is 7.90. The lowest BCUT2D eigenvalue weighted by molar-refractivity contribution is -0.123. The number of hydrogen-bond acceptors (Lipinski definition) is 5. The van der Waals surface area contributed by atoms with E-state index in [4.69, 9.17) is 14.2 Å². The van der Waals surface area contributed by atoms with Gasteiger partial charge in [-0.15, -0.1) is 0 Å². The van der Waals surface area contributed by atoms with Gasteiger partial charge >= 0.3 is 0 Å². The summed E-state index contributed by atoms with van der Waals surface area (Å²) in [6.45, 7) is 9.35. The Balaban J connectivity index is 3.45. The monoisotopic (exact) mass is 406 g/mol. The van der Waals surface area contributed by atoms with Crippen LogP contribution in [0.3, 0.4) is 0 Å². The number of hydrogen-bond donors (Lipinski definition) is 0. The van der Waals surface area contributed by atoms with E-state index in [0.29, 0.717) is 26.2 Å². The number of methoxy groups -OCH3 is 3. The molecule has 164 valence electrons. The third-order valence-electron chi connectivity index (χ3n) is 5.52. The van der Waals surface area contributed by atoms with Crippen LogP contribution in [0.15, 0.2) is 35.5 Å². The Morgan fingerprint density at radius 1 is 1.14 bits per heavy atom. The molecule has 0 bridgehead atoms. The molecule has 5 heteroatoms. The van der Waals surface area contributed by atoms with Crippen LogP contribution in [0.25, 0.3) is 0 Å². The molecule has 1 aliphatic rings. The SMILES string of the molecule is C=C(COC)CC1C(CCC)=CC(=O)C=C(COC)C1C(CCCOC)C(C)=O. The molecule has 0 aliphatic heterocycles. The Morgan fingerprint density at radius 3 is 2.38 bits per heavy atom. The van der Waals surface area contributed by atoms with Gasteiger partial charge in [-0.3, -0.25) is 9.59 Å². The Bertz CT molecular complexity index is 617. The Labute approximate surface area is 176 Å². The molecule has 0 spiro atoms. The highest BCUT2D eigenvalue weighted by molar-refractivity contribution is 6.01. The van der Waals surface area contributed by atoms with Gasteiger partial charge in [-0.2, -0.15) is 0 Å². The minimum absolute atomic E-state index is 0.0236. The molecule has 0 N–H and O–H groups in total. The van der Waals surface area contributed by atoms with Gasteiger partial charge in [-0.05, 0) is 62.2 Å². The van der Waals surface area contributed by atoms with Gasteiger partial charge in [0.25, 0.3) is 0 Å². The van der Waals surface area contributed by atoms with E-state index in [1.165, 1.54) is 0 Å². The van der Waals surface area contributed by atoms with Gasteiger partial charge in [0.1, 0.15) is 5.78 Å². The molecular weight excluding hydrogens is 368 g/mol. The largest absolute Gasteiger partial charge is 0.385 e. The highest BCUT2D eigenvalue weighted by atomic mass is 16.5. The molecule has 0 heterocycles. The van der Waals surface area contributed by atoms with Crippen molar-refractivity contribution in [1.29, 1.82) is 0 Å². The molecule has 5 nitrogen and oxygen atoms in total. The average molecular weight is 407 g/mol. The summed E-state index contributed by atoms with van der Waals surface area (Å²) in [5.74, 6) is -0.146. The van der Waals surface area contributed by atoms with Crippen LogP contribution in [0.4, 0.5) is 0 Å². The number of rotatable bonds is 14. The van der Waals surface area contributed by atoms with Gasteiger partial charge in [0, 0.05) is 33.9 Å². The lowest BCUT2D eigenvalue weighted by atomic mass is 9.68. The van der Waals surface area contributed by atoms with Gasteiger partial charge < -0.3 is 14.2 Å². The number of carbonyl (C=O) groups excluding carboxylic acids is 2. The average Bonchev–Trinajstić information content (AvgIpc) is 2.77. The Morgan fingerprint density at radius 2 is 1.83 bits per heavy atom. The fourth-order valence-corrected chi connectivity index (χ4v) is 4.40. The molecule has 0 amide bonds. The lowest BCUT2D eigenvalue weighted by Gasteiger charge is -2.35. The molecule has 1 rings (SSSR count). The van der Waals surface area contributed by atoms with Crippen LogP contribution in [-0.2, 0) is 23.8 Å². The van der Waals surface area contributed by atoms with Crippen molar-refractivity contribution in [2.45, 2.75) is 46.0 Å². The second-order valence-electron chi connectivity index (χ2n) is 7.90. The van der Waals surface area contributed by atoms with E-state index < -0.39 is 0 Å². The Hall–Kier alpha value is -1.56. The Kier molecular flexibility index (Phi) is 12.0. The number of carbonyl (C=O) groups is 2. The third kappa shape index (κ3) is 8.00. The minimum atomic E-state index is -0.196. The van der Waals surface area contributed by atoms with E-state index in [0.717, 1.165) is 42.4 Å². The van der Waals surface area contributed by atoms with Crippen molar-refractivity contribution in [1.82, 2.24) is 0 Å². The molecule has 0 radical (unpaired) electrons.